The van der Waals surface area contributed by atoms with Gasteiger partial charge in [-0.3, -0.25) is 0 Å². The summed E-state index contributed by atoms with van der Waals surface area (Å²) in [6, 6.07) is 52.4. The first-order valence-electron chi connectivity index (χ1n) is 18.6. The Bertz CT molecular complexity index is 3040. The molecule has 4 heteroatoms. The Morgan fingerprint density at radius 3 is 1.31 bits per heavy atom. The minimum absolute atomic E-state index is 0.202. The smallest absolute Gasteiger partial charge is 0.104 e. The van der Waals surface area contributed by atoms with Crippen LogP contribution in [-0.4, -0.2) is 9.13 Å². The maximum absolute atomic E-state index is 11.5. The van der Waals surface area contributed by atoms with E-state index in [2.05, 4.69) is 170 Å². The van der Waals surface area contributed by atoms with Crippen molar-refractivity contribution in [2.75, 3.05) is 0 Å². The molecule has 0 radical (unpaired) electrons. The molecule has 4 nitrogen and oxygen atoms in total. The van der Waals surface area contributed by atoms with Crippen molar-refractivity contribution in [3.8, 4) is 45.8 Å². The molecule has 0 fully saturated rings. The molecule has 0 atom stereocenters. The monoisotopic (exact) mass is 690 g/mol. The van der Waals surface area contributed by atoms with Gasteiger partial charge >= 0.3 is 0 Å². The van der Waals surface area contributed by atoms with Crippen molar-refractivity contribution in [3.05, 3.63) is 167 Å². The second-order valence-corrected chi connectivity index (χ2v) is 15.9. The summed E-state index contributed by atoms with van der Waals surface area (Å²) in [7, 11) is 0. The molecule has 0 bridgehead atoms. The molecule has 9 aromatic rings. The fourth-order valence-corrected chi connectivity index (χ4v) is 10.1. The standard InChI is InChI=1S/C50H34N4/c1-49(2)37-17-9-5-15-34(37)45-39(49)23-21-32-30-13-7-11-19-41(30)53(47(32)45)43-25-29(27-51)26-44(36(43)28-52)54-42-20-12-8-14-31(42)33-22-24-40-46(48(33)54)35-16-6-10-18-38(35)50(40,3)4/h5-26H,1-4H3. The molecule has 11 rings (SSSR count). The molecule has 254 valence electrons. The number of rotatable bonds is 2. The number of nitrogens with zero attached hydrogens (tertiary/aromatic N) is 4. The lowest BCUT2D eigenvalue weighted by Gasteiger charge is -2.22. The molecular weight excluding hydrogens is 657 g/mol. The Kier molecular flexibility index (Phi) is 5.90. The molecule has 0 saturated carbocycles. The first kappa shape index (κ1) is 30.7. The van der Waals surface area contributed by atoms with Crippen LogP contribution in [-0.2, 0) is 10.8 Å². The first-order valence-corrected chi connectivity index (χ1v) is 18.6. The van der Waals surface area contributed by atoms with Gasteiger partial charge in [0.15, 0.2) is 0 Å². The van der Waals surface area contributed by atoms with Gasteiger partial charge in [-0.05, 0) is 57.6 Å². The largest absolute Gasteiger partial charge is 0.307 e. The van der Waals surface area contributed by atoms with Crippen molar-refractivity contribution < 1.29 is 0 Å². The SMILES string of the molecule is CC1(C)c2ccccc2-c2c1ccc1c3ccccc3n(-c3cc(C#N)cc(-n4c5ccccc5c5ccc6c(c54)-c4ccccc4C6(C)C)c3C#N)c21. The van der Waals surface area contributed by atoms with Crippen LogP contribution < -0.4 is 0 Å². The lowest BCUT2D eigenvalue weighted by atomic mass is 9.82. The quantitative estimate of drug-likeness (QED) is 0.181. The van der Waals surface area contributed by atoms with Gasteiger partial charge < -0.3 is 9.13 Å². The van der Waals surface area contributed by atoms with Gasteiger partial charge in [-0.25, -0.2) is 0 Å². The van der Waals surface area contributed by atoms with E-state index >= 15 is 0 Å². The van der Waals surface area contributed by atoms with Gasteiger partial charge in [-0.15, -0.1) is 0 Å². The predicted octanol–water partition coefficient (Wildman–Crippen LogP) is 12.2. The van der Waals surface area contributed by atoms with Crippen molar-refractivity contribution in [1.29, 1.82) is 10.5 Å². The predicted molar refractivity (Wildman–Crippen MR) is 220 cm³/mol. The molecule has 0 amide bonds. The van der Waals surface area contributed by atoms with E-state index in [9.17, 15) is 10.5 Å². The number of hydrogen-bond donors (Lipinski definition) is 0. The highest BCUT2D eigenvalue weighted by Crippen LogP contribution is 2.55. The van der Waals surface area contributed by atoms with Gasteiger partial charge in [0.2, 0.25) is 0 Å². The van der Waals surface area contributed by atoms with Crippen LogP contribution in [0.5, 0.6) is 0 Å². The number of benzene rings is 7. The van der Waals surface area contributed by atoms with Crippen LogP contribution in [0.2, 0.25) is 0 Å². The van der Waals surface area contributed by atoms with Crippen molar-refractivity contribution in [2.24, 2.45) is 0 Å². The Hall–Kier alpha value is -6.88. The van der Waals surface area contributed by atoms with Crippen LogP contribution in [0.3, 0.4) is 0 Å². The van der Waals surface area contributed by atoms with Crippen LogP contribution in [0.4, 0.5) is 0 Å². The number of hydrogen-bond acceptors (Lipinski definition) is 2. The molecule has 2 aromatic heterocycles. The van der Waals surface area contributed by atoms with Crippen molar-refractivity contribution in [1.82, 2.24) is 9.13 Å². The van der Waals surface area contributed by atoms with Crippen LogP contribution in [0.15, 0.2) is 133 Å². The van der Waals surface area contributed by atoms with Gasteiger partial charge in [0.05, 0.1) is 45.1 Å². The normalized spacial score (nSPS) is 14.6. The third-order valence-electron chi connectivity index (χ3n) is 12.6. The molecule has 2 aliphatic carbocycles. The lowest BCUT2D eigenvalue weighted by Crippen LogP contribution is -2.14. The van der Waals surface area contributed by atoms with Crippen molar-refractivity contribution in [3.63, 3.8) is 0 Å². The molecule has 2 aliphatic rings. The van der Waals surface area contributed by atoms with E-state index in [-0.39, 0.29) is 10.8 Å². The molecular formula is C50H34N4. The summed E-state index contributed by atoms with van der Waals surface area (Å²) in [5, 5.41) is 26.7. The zero-order chi connectivity index (χ0) is 36.7. The Balaban J connectivity index is 1.33. The number of aromatic nitrogens is 2. The van der Waals surface area contributed by atoms with E-state index in [0.29, 0.717) is 22.5 Å². The summed E-state index contributed by atoms with van der Waals surface area (Å²) in [5.74, 6) is 0. The zero-order valence-electron chi connectivity index (χ0n) is 30.5. The lowest BCUT2D eigenvalue weighted by molar-refractivity contribution is 0.660. The number of para-hydroxylation sites is 2. The molecule has 0 unspecified atom stereocenters. The summed E-state index contributed by atoms with van der Waals surface area (Å²) < 4.78 is 4.53. The summed E-state index contributed by atoms with van der Waals surface area (Å²) >= 11 is 0. The second kappa shape index (κ2) is 10.4. The molecule has 0 aliphatic heterocycles. The molecule has 7 aromatic carbocycles. The second-order valence-electron chi connectivity index (χ2n) is 15.9. The van der Waals surface area contributed by atoms with E-state index in [1.807, 2.05) is 12.1 Å². The molecule has 54 heavy (non-hydrogen) atoms. The summed E-state index contributed by atoms with van der Waals surface area (Å²) in [5.41, 5.74) is 16.0. The van der Waals surface area contributed by atoms with E-state index in [4.69, 9.17) is 0 Å². The third-order valence-corrected chi connectivity index (χ3v) is 12.6. The van der Waals surface area contributed by atoms with Crippen molar-refractivity contribution in [2.45, 2.75) is 38.5 Å². The van der Waals surface area contributed by atoms with E-state index in [0.717, 1.165) is 43.6 Å². The van der Waals surface area contributed by atoms with E-state index in [1.54, 1.807) is 0 Å². The topological polar surface area (TPSA) is 57.4 Å². The van der Waals surface area contributed by atoms with E-state index in [1.165, 1.54) is 44.5 Å². The third kappa shape index (κ3) is 3.65. The maximum Gasteiger partial charge on any atom is 0.104 e. The average molecular weight is 691 g/mol. The van der Waals surface area contributed by atoms with E-state index < -0.39 is 0 Å². The Labute approximate surface area is 313 Å². The van der Waals surface area contributed by atoms with Gasteiger partial charge in [0.25, 0.3) is 0 Å². The van der Waals surface area contributed by atoms with Gasteiger partial charge in [0, 0.05) is 43.5 Å². The van der Waals surface area contributed by atoms with Gasteiger partial charge in [-0.1, -0.05) is 137 Å². The van der Waals surface area contributed by atoms with Crippen molar-refractivity contribution >= 4 is 43.6 Å². The van der Waals surface area contributed by atoms with Gasteiger partial charge in [-0.2, -0.15) is 10.5 Å². The highest BCUT2D eigenvalue weighted by molar-refractivity contribution is 6.17. The molecule has 0 N–H and O–H groups in total. The Morgan fingerprint density at radius 2 is 0.870 bits per heavy atom. The maximum atomic E-state index is 11.5. The fraction of sp³-hybridized carbons (Fsp3) is 0.120. The fourth-order valence-electron chi connectivity index (χ4n) is 10.1. The zero-order valence-corrected chi connectivity index (χ0v) is 30.5. The summed E-state index contributed by atoms with van der Waals surface area (Å²) in [4.78, 5) is 0. The van der Waals surface area contributed by atoms with Crippen LogP contribution >= 0.6 is 0 Å². The minimum Gasteiger partial charge on any atom is -0.307 e. The number of fused-ring (bicyclic) bond motifs is 14. The molecule has 0 saturated heterocycles. The molecule has 2 heterocycles. The molecule has 0 spiro atoms. The van der Waals surface area contributed by atoms with Crippen LogP contribution in [0, 0.1) is 22.7 Å². The van der Waals surface area contributed by atoms with Gasteiger partial charge in [0.1, 0.15) is 11.6 Å². The number of nitriles is 2. The Morgan fingerprint density at radius 1 is 0.444 bits per heavy atom. The summed E-state index contributed by atoms with van der Waals surface area (Å²) in [6.07, 6.45) is 0. The van der Waals surface area contributed by atoms with Crippen LogP contribution in [0.25, 0.3) is 77.2 Å². The average Bonchev–Trinajstić information content (AvgIpc) is 3.86. The summed E-state index contributed by atoms with van der Waals surface area (Å²) in [6.45, 7) is 9.19. The first-order chi connectivity index (χ1) is 26.3. The van der Waals surface area contributed by atoms with Crippen LogP contribution in [0.1, 0.15) is 61.1 Å². The highest BCUT2D eigenvalue weighted by atomic mass is 15.0. The highest BCUT2D eigenvalue weighted by Gasteiger charge is 2.39. The minimum atomic E-state index is -0.202.